The molecule has 0 unspecified atom stereocenters. The number of aliphatic hydroxyl groups excluding tert-OH is 1. The van der Waals surface area contributed by atoms with Gasteiger partial charge >= 0.3 is 6.09 Å². The molecule has 4 N–H and O–H groups in total. The highest BCUT2D eigenvalue weighted by atomic mass is 16.6. The zero-order chi connectivity index (χ0) is 22.9. The standard InChI is InChI=1S/C23H28N2O6/c1-16-8-10-17(11-9-16)24-22(28)31-21(23(2,3)13-12-20(27)25-29)18-6-4-5-7-19(18)30-15-14-26/h4-13,21,26,29H,14-15H2,1-3H3,(H,24,28)(H,25,27)/b13-12+/t21-/m1/s1. The average molecular weight is 428 g/mol. The molecule has 2 aromatic rings. The molecule has 0 spiro atoms. The quantitative estimate of drug-likeness (QED) is 0.275. The Bertz CT molecular complexity index is 909. The van der Waals surface area contributed by atoms with Gasteiger partial charge in [-0.25, -0.2) is 10.3 Å². The minimum Gasteiger partial charge on any atom is -0.491 e. The summed E-state index contributed by atoms with van der Waals surface area (Å²) in [5.74, 6) is -0.265. The maximum Gasteiger partial charge on any atom is 0.412 e. The second-order valence-corrected chi connectivity index (χ2v) is 7.52. The highest BCUT2D eigenvalue weighted by Crippen LogP contribution is 2.42. The molecular formula is C23H28N2O6. The van der Waals surface area contributed by atoms with Gasteiger partial charge in [0.2, 0.25) is 0 Å². The number of aliphatic hydroxyl groups is 1. The monoisotopic (exact) mass is 428 g/mol. The molecule has 0 aromatic heterocycles. The van der Waals surface area contributed by atoms with Gasteiger partial charge in [-0.2, -0.15) is 0 Å². The summed E-state index contributed by atoms with van der Waals surface area (Å²) in [5.41, 5.74) is 2.87. The fraction of sp³-hybridized carbons (Fsp3) is 0.304. The molecule has 2 amide bonds. The Hall–Kier alpha value is -3.36. The molecule has 166 valence electrons. The van der Waals surface area contributed by atoms with E-state index in [1.54, 1.807) is 50.2 Å². The lowest BCUT2D eigenvalue weighted by molar-refractivity contribution is -0.124. The molecule has 1 atom stereocenters. The van der Waals surface area contributed by atoms with Crippen LogP contribution >= 0.6 is 0 Å². The Balaban J connectivity index is 2.36. The van der Waals surface area contributed by atoms with E-state index in [0.29, 0.717) is 17.0 Å². The number of carbonyl (C=O) groups is 2. The van der Waals surface area contributed by atoms with Gasteiger partial charge in [0.25, 0.3) is 5.91 Å². The minimum absolute atomic E-state index is 0.0719. The molecule has 2 aromatic carbocycles. The first kappa shape index (κ1) is 23.9. The third-order valence-electron chi connectivity index (χ3n) is 4.52. The summed E-state index contributed by atoms with van der Waals surface area (Å²) in [6.45, 7) is 5.40. The van der Waals surface area contributed by atoms with Crippen LogP contribution in [0.25, 0.3) is 0 Å². The van der Waals surface area contributed by atoms with Gasteiger partial charge < -0.3 is 14.6 Å². The number of rotatable bonds is 9. The van der Waals surface area contributed by atoms with Gasteiger partial charge in [-0.15, -0.1) is 0 Å². The lowest BCUT2D eigenvalue weighted by Crippen LogP contribution is -2.28. The van der Waals surface area contributed by atoms with Gasteiger partial charge in [0.1, 0.15) is 18.5 Å². The largest absolute Gasteiger partial charge is 0.491 e. The van der Waals surface area contributed by atoms with Gasteiger partial charge in [0.15, 0.2) is 0 Å². The van der Waals surface area contributed by atoms with Crippen molar-refractivity contribution in [1.82, 2.24) is 5.48 Å². The molecular weight excluding hydrogens is 400 g/mol. The lowest BCUT2D eigenvalue weighted by atomic mass is 9.81. The maximum absolute atomic E-state index is 12.7. The Kier molecular flexibility index (Phi) is 8.60. The summed E-state index contributed by atoms with van der Waals surface area (Å²) in [6.07, 6.45) is 1.16. The van der Waals surface area contributed by atoms with Gasteiger partial charge in [-0.05, 0) is 25.1 Å². The van der Waals surface area contributed by atoms with E-state index in [9.17, 15) is 9.59 Å². The van der Waals surface area contributed by atoms with Crippen LogP contribution in [0.1, 0.15) is 31.1 Å². The number of carbonyl (C=O) groups excluding carboxylic acids is 2. The van der Waals surface area contributed by atoms with E-state index in [1.165, 1.54) is 11.6 Å². The molecule has 2 rings (SSSR count). The van der Waals surface area contributed by atoms with Crippen molar-refractivity contribution in [2.24, 2.45) is 5.41 Å². The van der Waals surface area contributed by atoms with E-state index >= 15 is 0 Å². The molecule has 0 aliphatic carbocycles. The van der Waals surface area contributed by atoms with Crippen LogP contribution in [0.15, 0.2) is 60.7 Å². The fourth-order valence-electron chi connectivity index (χ4n) is 2.91. The number of hydrogen-bond acceptors (Lipinski definition) is 6. The van der Waals surface area contributed by atoms with Crippen molar-refractivity contribution in [2.75, 3.05) is 18.5 Å². The number of hydrogen-bond donors (Lipinski definition) is 4. The molecule has 0 aliphatic heterocycles. The van der Waals surface area contributed by atoms with Crippen molar-refractivity contribution < 1.29 is 29.4 Å². The molecule has 0 radical (unpaired) electrons. The van der Waals surface area contributed by atoms with Gasteiger partial charge in [-0.3, -0.25) is 15.3 Å². The highest BCUT2D eigenvalue weighted by Gasteiger charge is 2.34. The van der Waals surface area contributed by atoms with Crippen molar-refractivity contribution in [3.8, 4) is 5.75 Å². The van der Waals surface area contributed by atoms with Crippen molar-refractivity contribution in [3.63, 3.8) is 0 Å². The van der Waals surface area contributed by atoms with Crippen LogP contribution in [0, 0.1) is 12.3 Å². The molecule has 0 fully saturated rings. The second kappa shape index (κ2) is 11.1. The van der Waals surface area contributed by atoms with Crippen molar-refractivity contribution in [1.29, 1.82) is 0 Å². The number of nitrogens with one attached hydrogen (secondary N) is 2. The number of amides is 2. The van der Waals surface area contributed by atoms with Crippen LogP contribution in [0.2, 0.25) is 0 Å². The Labute approximate surface area is 181 Å². The number of hydroxylamine groups is 1. The molecule has 31 heavy (non-hydrogen) atoms. The summed E-state index contributed by atoms with van der Waals surface area (Å²) in [4.78, 5) is 24.2. The van der Waals surface area contributed by atoms with Crippen LogP contribution in [0.3, 0.4) is 0 Å². The molecule has 0 heterocycles. The van der Waals surface area contributed by atoms with Crippen LogP contribution < -0.4 is 15.5 Å². The topological polar surface area (TPSA) is 117 Å². The van der Waals surface area contributed by atoms with Crippen LogP contribution in [-0.4, -0.2) is 35.5 Å². The number of ether oxygens (including phenoxy) is 2. The Morgan fingerprint density at radius 3 is 2.45 bits per heavy atom. The fourth-order valence-corrected chi connectivity index (χ4v) is 2.91. The van der Waals surface area contributed by atoms with Crippen molar-refractivity contribution in [3.05, 3.63) is 71.8 Å². The molecule has 8 nitrogen and oxygen atoms in total. The predicted molar refractivity (Wildman–Crippen MR) is 116 cm³/mol. The Morgan fingerprint density at radius 1 is 1.13 bits per heavy atom. The minimum atomic E-state index is -0.865. The SMILES string of the molecule is Cc1ccc(NC(=O)O[C@H](c2ccccc2OCCO)C(C)(C)/C=C/C(=O)NO)cc1. The number of benzene rings is 2. The predicted octanol–water partition coefficient (Wildman–Crippen LogP) is 3.74. The van der Waals surface area contributed by atoms with Crippen molar-refractivity contribution >= 4 is 17.7 Å². The average Bonchev–Trinajstić information content (AvgIpc) is 2.76. The highest BCUT2D eigenvalue weighted by molar-refractivity contribution is 5.86. The van der Waals surface area contributed by atoms with E-state index in [4.69, 9.17) is 19.8 Å². The third-order valence-corrected chi connectivity index (χ3v) is 4.52. The van der Waals surface area contributed by atoms with Gasteiger partial charge in [0, 0.05) is 22.7 Å². The van der Waals surface area contributed by atoms with Crippen LogP contribution in [0.5, 0.6) is 5.75 Å². The van der Waals surface area contributed by atoms with E-state index in [-0.39, 0.29) is 13.2 Å². The second-order valence-electron chi connectivity index (χ2n) is 7.52. The van der Waals surface area contributed by atoms with Crippen LogP contribution in [0.4, 0.5) is 10.5 Å². The van der Waals surface area contributed by atoms with E-state index in [1.807, 2.05) is 19.1 Å². The normalized spacial score (nSPS) is 12.3. The smallest absolute Gasteiger partial charge is 0.412 e. The summed E-state index contributed by atoms with van der Waals surface area (Å²) in [7, 11) is 0. The number of aryl methyl sites for hydroxylation is 1. The molecule has 8 heteroatoms. The van der Waals surface area contributed by atoms with Crippen molar-refractivity contribution in [2.45, 2.75) is 26.9 Å². The third kappa shape index (κ3) is 7.13. The Morgan fingerprint density at radius 2 is 1.81 bits per heavy atom. The zero-order valence-corrected chi connectivity index (χ0v) is 17.8. The zero-order valence-electron chi connectivity index (χ0n) is 17.8. The van der Waals surface area contributed by atoms with Gasteiger partial charge in [0.05, 0.1) is 6.61 Å². The molecule has 0 bridgehead atoms. The van der Waals surface area contributed by atoms with E-state index in [2.05, 4.69) is 5.32 Å². The van der Waals surface area contributed by atoms with Gasteiger partial charge in [-0.1, -0.05) is 55.8 Å². The summed E-state index contributed by atoms with van der Waals surface area (Å²) in [6, 6.07) is 14.3. The summed E-state index contributed by atoms with van der Waals surface area (Å²) < 4.78 is 11.4. The lowest BCUT2D eigenvalue weighted by Gasteiger charge is -2.32. The summed E-state index contributed by atoms with van der Waals surface area (Å²) >= 11 is 0. The van der Waals surface area contributed by atoms with E-state index in [0.717, 1.165) is 11.6 Å². The number of anilines is 1. The molecule has 0 aliphatic rings. The first-order valence-electron chi connectivity index (χ1n) is 9.77. The van der Waals surface area contributed by atoms with Crippen LogP contribution in [-0.2, 0) is 9.53 Å². The number of para-hydroxylation sites is 1. The summed E-state index contributed by atoms with van der Waals surface area (Å²) in [5, 5.41) is 20.6. The first-order valence-corrected chi connectivity index (χ1v) is 9.77. The first-order chi connectivity index (χ1) is 14.8. The molecule has 0 saturated carbocycles. The maximum atomic E-state index is 12.7. The van der Waals surface area contributed by atoms with E-state index < -0.39 is 23.5 Å². The molecule has 0 saturated heterocycles.